The van der Waals surface area contributed by atoms with Crippen LogP contribution in [0.5, 0.6) is 5.75 Å². The summed E-state index contributed by atoms with van der Waals surface area (Å²) in [7, 11) is -0.421. The maximum atomic E-state index is 14.0. The van der Waals surface area contributed by atoms with Crippen LogP contribution in [0.3, 0.4) is 0 Å². The van der Waals surface area contributed by atoms with E-state index in [1.165, 1.54) is 51.0 Å². The zero-order chi connectivity index (χ0) is 22.3. The fourth-order valence-corrected chi connectivity index (χ4v) is 9.34. The zero-order valence-corrected chi connectivity index (χ0v) is 20.0. The molecule has 2 fully saturated rings. The molecular weight excluding hydrogens is 420 g/mol. The summed E-state index contributed by atoms with van der Waals surface area (Å²) in [5.74, 6) is 0.269. The molecule has 1 saturated heterocycles. The lowest BCUT2D eigenvalue weighted by molar-refractivity contribution is -0.275. The van der Waals surface area contributed by atoms with Crippen LogP contribution in [-0.2, 0) is 0 Å². The van der Waals surface area contributed by atoms with Gasteiger partial charge in [0, 0.05) is 8.80 Å². The van der Waals surface area contributed by atoms with Crippen LogP contribution >= 0.6 is 0 Å². The largest absolute Gasteiger partial charge is 0.573 e. The summed E-state index contributed by atoms with van der Waals surface area (Å²) in [4.78, 5) is 0. The van der Waals surface area contributed by atoms with Gasteiger partial charge in [0.25, 0.3) is 0 Å². The van der Waals surface area contributed by atoms with Crippen LogP contribution in [0.1, 0.15) is 89.0 Å². The molecule has 1 aliphatic carbocycles. The highest BCUT2D eigenvalue weighted by Crippen LogP contribution is 2.40. The number of hydrogen-bond acceptors (Lipinski definition) is 1. The zero-order valence-electron chi connectivity index (χ0n) is 18.9. The van der Waals surface area contributed by atoms with Crippen LogP contribution in [0, 0.1) is 17.7 Å². The molecule has 0 radical (unpaired) electrons. The minimum atomic E-state index is -4.86. The average molecular weight is 459 g/mol. The Balaban J connectivity index is 1.36. The number of rotatable bonds is 9. The topological polar surface area (TPSA) is 9.23 Å². The maximum Gasteiger partial charge on any atom is 0.573 e. The highest BCUT2D eigenvalue weighted by atomic mass is 28.3. The van der Waals surface area contributed by atoms with E-state index < -0.39 is 26.7 Å². The third-order valence-corrected chi connectivity index (χ3v) is 11.2. The normalized spacial score (nSPS) is 27.3. The predicted octanol–water partition coefficient (Wildman–Crippen LogP) is 8.61. The molecule has 176 valence electrons. The van der Waals surface area contributed by atoms with E-state index in [1.807, 2.05) is 0 Å². The van der Waals surface area contributed by atoms with Gasteiger partial charge in [-0.05, 0) is 61.1 Å². The summed E-state index contributed by atoms with van der Waals surface area (Å²) in [6.07, 6.45) is 9.24. The van der Waals surface area contributed by atoms with E-state index in [0.29, 0.717) is 0 Å². The first-order valence-electron chi connectivity index (χ1n) is 12.4. The summed E-state index contributed by atoms with van der Waals surface area (Å²) in [5, 5.41) is 0. The average Bonchev–Trinajstić information content (AvgIpc) is 2.74. The highest BCUT2D eigenvalue weighted by Gasteiger charge is 2.33. The molecule has 1 aromatic carbocycles. The van der Waals surface area contributed by atoms with Gasteiger partial charge in [0.05, 0.1) is 0 Å². The maximum absolute atomic E-state index is 14.0. The summed E-state index contributed by atoms with van der Waals surface area (Å²) < 4.78 is 54.7. The number of benzene rings is 1. The molecule has 0 aromatic heterocycles. The molecule has 2 aliphatic rings. The monoisotopic (exact) mass is 458 g/mol. The van der Waals surface area contributed by atoms with Gasteiger partial charge in [0.2, 0.25) is 0 Å². The molecule has 1 heterocycles. The molecule has 0 bridgehead atoms. The molecule has 6 heteroatoms. The Kier molecular flexibility index (Phi) is 9.29. The van der Waals surface area contributed by atoms with Gasteiger partial charge >= 0.3 is 6.36 Å². The molecule has 1 nitrogen and oxygen atoms in total. The van der Waals surface area contributed by atoms with E-state index in [0.717, 1.165) is 49.1 Å². The quantitative estimate of drug-likeness (QED) is 0.204. The van der Waals surface area contributed by atoms with Gasteiger partial charge in [-0.15, -0.1) is 13.2 Å². The lowest BCUT2D eigenvalue weighted by Crippen LogP contribution is -2.22. The fraction of sp³-hybridized carbons (Fsp3) is 0.760. The molecule has 0 spiro atoms. The second-order valence-electron chi connectivity index (χ2n) is 9.92. The smallest absolute Gasteiger partial charge is 0.403 e. The van der Waals surface area contributed by atoms with Crippen molar-refractivity contribution in [3.63, 3.8) is 0 Å². The molecule has 0 unspecified atom stereocenters. The molecule has 1 aliphatic heterocycles. The van der Waals surface area contributed by atoms with Crippen LogP contribution in [-0.4, -0.2) is 15.2 Å². The molecule has 31 heavy (non-hydrogen) atoms. The number of unbranched alkanes of at least 4 members (excludes halogenated alkanes) is 2. The molecule has 0 amide bonds. The molecule has 0 atom stereocenters. The molecule has 1 aromatic rings. The number of halogens is 4. The van der Waals surface area contributed by atoms with Crippen LogP contribution < -0.4 is 4.74 Å². The van der Waals surface area contributed by atoms with E-state index in [2.05, 4.69) is 11.7 Å². The Morgan fingerprint density at radius 1 is 0.935 bits per heavy atom. The molecule has 0 N–H and O–H groups in total. The van der Waals surface area contributed by atoms with Gasteiger partial charge in [-0.3, -0.25) is 0 Å². The Hall–Kier alpha value is -1.04. The van der Waals surface area contributed by atoms with Gasteiger partial charge < -0.3 is 4.74 Å². The minimum Gasteiger partial charge on any atom is -0.403 e. The first-order valence-corrected chi connectivity index (χ1v) is 14.8. The van der Waals surface area contributed by atoms with Gasteiger partial charge in [0.1, 0.15) is 0 Å². The minimum absolute atomic E-state index is 0.246. The van der Waals surface area contributed by atoms with Crippen LogP contribution in [0.2, 0.25) is 18.1 Å². The van der Waals surface area contributed by atoms with E-state index in [1.54, 1.807) is 24.2 Å². The van der Waals surface area contributed by atoms with E-state index in [4.69, 9.17) is 0 Å². The van der Waals surface area contributed by atoms with Crippen molar-refractivity contribution >= 4 is 8.80 Å². The Morgan fingerprint density at radius 3 is 2.16 bits per heavy atom. The summed E-state index contributed by atoms with van der Waals surface area (Å²) in [5.41, 5.74) is 0.803. The van der Waals surface area contributed by atoms with Crippen molar-refractivity contribution in [1.82, 2.24) is 0 Å². The third kappa shape index (κ3) is 8.10. The van der Waals surface area contributed by atoms with Crippen molar-refractivity contribution in [3.8, 4) is 5.75 Å². The van der Waals surface area contributed by atoms with E-state index in [9.17, 15) is 17.6 Å². The summed E-state index contributed by atoms with van der Waals surface area (Å²) in [6.45, 7) is 2.29. The number of alkyl halides is 3. The second kappa shape index (κ2) is 11.7. The van der Waals surface area contributed by atoms with Crippen molar-refractivity contribution in [3.05, 3.63) is 29.6 Å². The molecular formula is C25H38F4OSi. The first kappa shape index (κ1) is 24.6. The highest BCUT2D eigenvalue weighted by molar-refractivity contribution is 6.58. The van der Waals surface area contributed by atoms with Crippen LogP contribution in [0.25, 0.3) is 0 Å². The molecule has 3 rings (SSSR count). The SMILES string of the molecule is CCCCC[SiH]1CCC(CCC2CCC(c3ccc(OC(F)(F)F)c(F)c3)CC2)CC1. The number of ether oxygens (including phenoxy) is 1. The number of hydrogen-bond donors (Lipinski definition) is 0. The summed E-state index contributed by atoms with van der Waals surface area (Å²) in [6, 6.07) is 8.62. The van der Waals surface area contributed by atoms with Crippen LogP contribution in [0.15, 0.2) is 18.2 Å². The first-order chi connectivity index (χ1) is 14.8. The predicted molar refractivity (Wildman–Crippen MR) is 121 cm³/mol. The van der Waals surface area contributed by atoms with Crippen molar-refractivity contribution < 1.29 is 22.3 Å². The second-order valence-corrected chi connectivity index (χ2v) is 13.4. The van der Waals surface area contributed by atoms with E-state index in [-0.39, 0.29) is 5.92 Å². The standard InChI is InChI=1S/C25H38F4OSi/c1-2-3-4-15-31-16-13-20(14-17-31)6-5-19-7-9-21(10-8-19)22-11-12-24(23(26)18-22)30-25(27,28)29/h11-12,18-21,31H,2-10,13-17H2,1H3. The van der Waals surface area contributed by atoms with Gasteiger partial charge in [-0.1, -0.05) is 76.1 Å². The lowest BCUT2D eigenvalue weighted by Gasteiger charge is -2.32. The van der Waals surface area contributed by atoms with Crippen molar-refractivity contribution in [1.29, 1.82) is 0 Å². The van der Waals surface area contributed by atoms with Gasteiger partial charge in [0.15, 0.2) is 11.6 Å². The Bertz CT molecular complexity index is 662. The van der Waals surface area contributed by atoms with Crippen molar-refractivity contribution in [2.24, 2.45) is 11.8 Å². The van der Waals surface area contributed by atoms with Crippen LogP contribution in [0.4, 0.5) is 17.6 Å². The van der Waals surface area contributed by atoms with Crippen molar-refractivity contribution in [2.75, 3.05) is 0 Å². The van der Waals surface area contributed by atoms with Gasteiger partial charge in [-0.2, -0.15) is 0 Å². The Labute approximate surface area is 186 Å². The molecule has 1 saturated carbocycles. The lowest BCUT2D eigenvalue weighted by atomic mass is 9.76. The Morgan fingerprint density at radius 2 is 1.58 bits per heavy atom. The fourth-order valence-electron chi connectivity index (χ4n) is 5.73. The van der Waals surface area contributed by atoms with Gasteiger partial charge in [-0.25, -0.2) is 4.39 Å². The van der Waals surface area contributed by atoms with Crippen molar-refractivity contribution in [2.45, 2.75) is 108 Å². The summed E-state index contributed by atoms with van der Waals surface area (Å²) >= 11 is 0. The van der Waals surface area contributed by atoms with E-state index >= 15 is 0 Å². The third-order valence-electron chi connectivity index (χ3n) is 7.67.